The Kier molecular flexibility index (Phi) is 1.24. The van der Waals surface area contributed by atoms with Gasteiger partial charge in [0.15, 0.2) is 0 Å². The number of nitrogens with zero attached hydrogens (tertiary/aromatic N) is 1. The third kappa shape index (κ3) is 0.997. The molecule has 1 rings (SSSR count). The lowest BCUT2D eigenvalue weighted by molar-refractivity contribution is -0.129. The number of carbonyl (C=O) groups is 1. The van der Waals surface area contributed by atoms with Crippen LogP contribution in [0.2, 0.25) is 0 Å². The summed E-state index contributed by atoms with van der Waals surface area (Å²) in [4.78, 5) is 12.4. The van der Waals surface area contributed by atoms with E-state index in [2.05, 4.69) is 0 Å². The topological polar surface area (TPSA) is 20.3 Å². The zero-order valence-corrected chi connectivity index (χ0v) is 5.22. The molecule has 1 unspecified atom stereocenters. The highest BCUT2D eigenvalue weighted by Gasteiger charge is 2.30. The number of carbonyl (C=O) groups excluding carboxylic acids is 1. The van der Waals surface area contributed by atoms with Crippen molar-refractivity contribution in [2.24, 2.45) is 5.92 Å². The number of hydrogen-bond donors (Lipinski definition) is 0. The van der Waals surface area contributed by atoms with Crippen molar-refractivity contribution < 1.29 is 4.79 Å². The van der Waals surface area contributed by atoms with Gasteiger partial charge in [0.1, 0.15) is 0 Å². The molecule has 0 saturated heterocycles. The van der Waals surface area contributed by atoms with Crippen LogP contribution < -0.4 is 0 Å². The molecule has 0 aromatic carbocycles. The highest BCUT2D eigenvalue weighted by molar-refractivity contribution is 5.82. The summed E-state index contributed by atoms with van der Waals surface area (Å²) in [6, 6.07) is 0. The maximum Gasteiger partial charge on any atom is 0.225 e. The van der Waals surface area contributed by atoms with Crippen LogP contribution in [0.3, 0.4) is 0 Å². The summed E-state index contributed by atoms with van der Waals surface area (Å²) in [5, 5.41) is 0. The van der Waals surface area contributed by atoms with Gasteiger partial charge in [-0.25, -0.2) is 0 Å². The molecule has 1 aliphatic rings. The molecule has 0 N–H and O–H groups in total. The number of rotatable bonds is 1. The van der Waals surface area contributed by atoms with Gasteiger partial charge in [-0.05, 0) is 12.8 Å². The highest BCUT2D eigenvalue weighted by atomic mass is 16.2. The van der Waals surface area contributed by atoms with Gasteiger partial charge in [0, 0.05) is 20.0 Å². The van der Waals surface area contributed by atoms with Crippen molar-refractivity contribution in [1.82, 2.24) is 4.90 Å². The minimum absolute atomic E-state index is 0.241. The Bertz CT molecular complexity index is 101. The smallest absolute Gasteiger partial charge is 0.225 e. The molecule has 0 aliphatic heterocycles. The molecule has 1 radical (unpaired) electrons. The van der Waals surface area contributed by atoms with E-state index in [4.69, 9.17) is 0 Å². The quantitative estimate of drug-likeness (QED) is 0.477. The van der Waals surface area contributed by atoms with Crippen LogP contribution >= 0.6 is 0 Å². The second kappa shape index (κ2) is 1.77. The lowest BCUT2D eigenvalue weighted by atomic mass is 10.4. The molecular weight excluding hydrogens is 102 g/mol. The maximum absolute atomic E-state index is 10.8. The summed E-state index contributed by atoms with van der Waals surface area (Å²) >= 11 is 0. The molecule has 45 valence electrons. The molecule has 1 aliphatic carbocycles. The molecule has 1 fully saturated rings. The van der Waals surface area contributed by atoms with Crippen LogP contribution in [-0.2, 0) is 4.79 Å². The second-order valence-corrected chi connectivity index (χ2v) is 2.31. The summed E-state index contributed by atoms with van der Waals surface area (Å²) < 4.78 is 0. The van der Waals surface area contributed by atoms with Crippen LogP contribution in [0.25, 0.3) is 0 Å². The van der Waals surface area contributed by atoms with Crippen molar-refractivity contribution in [3.63, 3.8) is 0 Å². The summed E-state index contributed by atoms with van der Waals surface area (Å²) in [5.41, 5.74) is 0. The van der Waals surface area contributed by atoms with Crippen molar-refractivity contribution in [3.05, 3.63) is 6.42 Å². The lowest BCUT2D eigenvalue weighted by Gasteiger charge is -2.07. The molecule has 0 heterocycles. The van der Waals surface area contributed by atoms with E-state index >= 15 is 0 Å². The number of amides is 1. The first-order valence-corrected chi connectivity index (χ1v) is 2.76. The minimum atomic E-state index is 0.241. The first-order chi connectivity index (χ1) is 3.72. The van der Waals surface area contributed by atoms with Gasteiger partial charge in [-0.1, -0.05) is 0 Å². The van der Waals surface area contributed by atoms with E-state index in [1.807, 2.05) is 6.42 Å². The predicted molar refractivity (Wildman–Crippen MR) is 31.1 cm³/mol. The molecule has 2 nitrogen and oxygen atoms in total. The van der Waals surface area contributed by atoms with Gasteiger partial charge in [-0.3, -0.25) is 4.79 Å². The summed E-state index contributed by atoms with van der Waals surface area (Å²) in [6.45, 7) is 0. The van der Waals surface area contributed by atoms with Crippen molar-refractivity contribution in [2.75, 3.05) is 14.1 Å². The zero-order valence-electron chi connectivity index (χ0n) is 5.22. The molecule has 0 spiro atoms. The van der Waals surface area contributed by atoms with Gasteiger partial charge in [0.05, 0.1) is 0 Å². The predicted octanol–water partition coefficient (Wildman–Crippen LogP) is 0.299. The van der Waals surface area contributed by atoms with Crippen LogP contribution in [0.1, 0.15) is 6.42 Å². The van der Waals surface area contributed by atoms with Gasteiger partial charge in [-0.15, -0.1) is 0 Å². The van der Waals surface area contributed by atoms with E-state index in [9.17, 15) is 4.79 Å². The van der Waals surface area contributed by atoms with E-state index in [-0.39, 0.29) is 11.8 Å². The van der Waals surface area contributed by atoms with E-state index in [1.54, 1.807) is 19.0 Å². The van der Waals surface area contributed by atoms with Crippen molar-refractivity contribution in [3.8, 4) is 0 Å². The third-order valence-electron chi connectivity index (χ3n) is 1.23. The highest BCUT2D eigenvalue weighted by Crippen LogP contribution is 2.28. The molecule has 2 heteroatoms. The first-order valence-electron chi connectivity index (χ1n) is 2.76. The minimum Gasteiger partial charge on any atom is -0.349 e. The van der Waals surface area contributed by atoms with Crippen LogP contribution in [0.4, 0.5) is 0 Å². The second-order valence-electron chi connectivity index (χ2n) is 2.31. The maximum atomic E-state index is 10.8. The molecule has 8 heavy (non-hydrogen) atoms. The largest absolute Gasteiger partial charge is 0.349 e. The Morgan fingerprint density at radius 2 is 2.25 bits per heavy atom. The first kappa shape index (κ1) is 5.60. The van der Waals surface area contributed by atoms with Crippen molar-refractivity contribution in [1.29, 1.82) is 0 Å². The Morgan fingerprint density at radius 1 is 1.75 bits per heavy atom. The SMILES string of the molecule is CN(C)C(=O)C1[CH]C1. The molecule has 0 bridgehead atoms. The van der Waals surface area contributed by atoms with Gasteiger partial charge >= 0.3 is 0 Å². The Morgan fingerprint density at radius 3 is 2.38 bits per heavy atom. The monoisotopic (exact) mass is 112 g/mol. The fraction of sp³-hybridized carbons (Fsp3) is 0.667. The molecular formula is C6H10NO. The molecule has 1 amide bonds. The normalized spacial score (nSPS) is 18.2. The Hall–Kier alpha value is -0.530. The molecule has 0 aromatic heterocycles. The average molecular weight is 112 g/mol. The summed E-state index contributed by atoms with van der Waals surface area (Å²) in [7, 11) is 3.57. The number of hydrogen-bond acceptors (Lipinski definition) is 1. The van der Waals surface area contributed by atoms with Crippen LogP contribution in [0, 0.1) is 12.3 Å². The third-order valence-corrected chi connectivity index (χ3v) is 1.23. The Labute approximate surface area is 49.5 Å². The fourth-order valence-corrected chi connectivity index (χ4v) is 0.601. The van der Waals surface area contributed by atoms with E-state index in [0.29, 0.717) is 0 Å². The van der Waals surface area contributed by atoms with Gasteiger partial charge in [0.25, 0.3) is 0 Å². The summed E-state index contributed by atoms with van der Waals surface area (Å²) in [6.07, 6.45) is 3.00. The summed E-state index contributed by atoms with van der Waals surface area (Å²) in [5.74, 6) is 0.495. The van der Waals surface area contributed by atoms with Crippen LogP contribution in [0.5, 0.6) is 0 Å². The van der Waals surface area contributed by atoms with E-state index < -0.39 is 0 Å². The van der Waals surface area contributed by atoms with E-state index in [0.717, 1.165) is 6.42 Å². The molecule has 0 aromatic rings. The lowest BCUT2D eigenvalue weighted by Crippen LogP contribution is -2.22. The van der Waals surface area contributed by atoms with Gasteiger partial charge < -0.3 is 4.90 Å². The van der Waals surface area contributed by atoms with Gasteiger partial charge in [0.2, 0.25) is 5.91 Å². The molecule has 1 saturated carbocycles. The average Bonchev–Trinajstić information content (AvgIpc) is 2.43. The Balaban J connectivity index is 2.33. The van der Waals surface area contributed by atoms with Crippen molar-refractivity contribution in [2.45, 2.75) is 6.42 Å². The molecule has 1 atom stereocenters. The zero-order chi connectivity index (χ0) is 6.15. The van der Waals surface area contributed by atoms with Gasteiger partial charge in [-0.2, -0.15) is 0 Å². The standard InChI is InChI=1S/C6H10NO/c1-7(2)6(8)5-3-4-5/h3,5H,4H2,1-2H3. The van der Waals surface area contributed by atoms with Crippen molar-refractivity contribution >= 4 is 5.91 Å². The van der Waals surface area contributed by atoms with Crippen LogP contribution in [0.15, 0.2) is 0 Å². The van der Waals surface area contributed by atoms with Crippen LogP contribution in [-0.4, -0.2) is 24.9 Å². The van der Waals surface area contributed by atoms with E-state index in [1.165, 1.54) is 0 Å². The fourth-order valence-electron chi connectivity index (χ4n) is 0.601.